The number of nitrogens with one attached hydrogen (secondary N) is 3. The molecule has 0 radical (unpaired) electrons. The van der Waals surface area contributed by atoms with Crippen LogP contribution in [0.1, 0.15) is 24.0 Å². The van der Waals surface area contributed by atoms with Crippen molar-refractivity contribution in [2.45, 2.75) is 31.1 Å². The minimum atomic E-state index is -4.99. The molecule has 0 spiro atoms. The van der Waals surface area contributed by atoms with Crippen LogP contribution in [0.25, 0.3) is 11.0 Å². The molecule has 11 heteroatoms. The molecule has 32 heavy (non-hydrogen) atoms. The van der Waals surface area contributed by atoms with Crippen LogP contribution in [-0.2, 0) is 12.1 Å². The number of rotatable bonds is 2. The van der Waals surface area contributed by atoms with Gasteiger partial charge in [-0.1, -0.05) is 11.8 Å². The summed E-state index contributed by atoms with van der Waals surface area (Å²) in [5.74, 6) is 3.58. The minimum absolute atomic E-state index is 0.0722. The van der Waals surface area contributed by atoms with E-state index in [9.17, 15) is 22.8 Å². The summed E-state index contributed by atoms with van der Waals surface area (Å²) in [5.41, 5.74) is -3.51. The van der Waals surface area contributed by atoms with Gasteiger partial charge in [0.15, 0.2) is 0 Å². The van der Waals surface area contributed by atoms with E-state index < -0.39 is 34.8 Å². The molecule has 1 fully saturated rings. The van der Waals surface area contributed by atoms with E-state index in [1.54, 1.807) is 6.07 Å². The van der Waals surface area contributed by atoms with Gasteiger partial charge in [-0.05, 0) is 31.0 Å². The number of hydrogen-bond donors (Lipinski definition) is 3. The molecule has 1 saturated carbocycles. The van der Waals surface area contributed by atoms with E-state index in [1.165, 1.54) is 17.0 Å². The fourth-order valence-corrected chi connectivity index (χ4v) is 3.71. The fourth-order valence-electron chi connectivity index (χ4n) is 3.71. The van der Waals surface area contributed by atoms with Crippen LogP contribution in [0, 0.1) is 23.6 Å². The summed E-state index contributed by atoms with van der Waals surface area (Å²) in [6.45, 7) is -0.266. The Balaban J connectivity index is 1.64. The van der Waals surface area contributed by atoms with Gasteiger partial charge >= 0.3 is 17.9 Å². The van der Waals surface area contributed by atoms with Gasteiger partial charge in [0.2, 0.25) is 5.54 Å². The first-order valence-corrected chi connectivity index (χ1v) is 9.72. The SMILES string of the molecule is O=C1Nc2cc(Cn3c(=O)[nH]c4cnccc43)c(F)cc2[C@@](C#CC2CC2)(C(F)(F)F)N1. The number of anilines is 1. The number of pyridine rings is 1. The summed E-state index contributed by atoms with van der Waals surface area (Å²) < 4.78 is 58.8. The van der Waals surface area contributed by atoms with Crippen molar-refractivity contribution in [3.63, 3.8) is 0 Å². The third kappa shape index (κ3) is 3.19. The maximum absolute atomic E-state index is 15.0. The molecule has 3 aromatic rings. The van der Waals surface area contributed by atoms with E-state index in [-0.39, 0.29) is 23.7 Å². The summed E-state index contributed by atoms with van der Waals surface area (Å²) in [6, 6.07) is 2.27. The van der Waals surface area contributed by atoms with E-state index >= 15 is 4.39 Å². The third-order valence-electron chi connectivity index (χ3n) is 5.51. The maximum Gasteiger partial charge on any atom is 0.427 e. The van der Waals surface area contributed by atoms with Crippen molar-refractivity contribution >= 4 is 22.8 Å². The van der Waals surface area contributed by atoms with Gasteiger partial charge in [-0.25, -0.2) is 14.0 Å². The molecule has 1 aliphatic heterocycles. The van der Waals surface area contributed by atoms with Crippen LogP contribution in [0.3, 0.4) is 0 Å². The Bertz CT molecular complexity index is 1380. The van der Waals surface area contributed by atoms with Crippen LogP contribution in [-0.4, -0.2) is 26.7 Å². The second-order valence-electron chi connectivity index (χ2n) is 7.77. The zero-order chi connectivity index (χ0) is 22.7. The molecule has 0 unspecified atom stereocenters. The molecule has 1 aromatic carbocycles. The summed E-state index contributed by atoms with van der Waals surface area (Å²) in [6.07, 6.45) is -0.740. The first kappa shape index (κ1) is 20.1. The molecule has 2 aliphatic rings. The zero-order valence-electron chi connectivity index (χ0n) is 16.3. The largest absolute Gasteiger partial charge is 0.427 e. The highest BCUT2D eigenvalue weighted by molar-refractivity contribution is 5.95. The Morgan fingerprint density at radius 1 is 1.25 bits per heavy atom. The molecule has 3 N–H and O–H groups in total. The number of carbonyl (C=O) groups is 1. The Labute approximate surface area is 177 Å². The summed E-state index contributed by atoms with van der Waals surface area (Å²) in [5, 5.41) is 4.15. The lowest BCUT2D eigenvalue weighted by molar-refractivity contribution is -0.178. The third-order valence-corrected chi connectivity index (χ3v) is 5.51. The van der Waals surface area contributed by atoms with E-state index in [2.05, 4.69) is 27.1 Å². The maximum atomic E-state index is 15.0. The quantitative estimate of drug-likeness (QED) is 0.418. The van der Waals surface area contributed by atoms with Crippen molar-refractivity contribution in [1.82, 2.24) is 19.9 Å². The number of aromatic nitrogens is 3. The van der Waals surface area contributed by atoms with Crippen LogP contribution >= 0.6 is 0 Å². The molecule has 0 saturated heterocycles. The van der Waals surface area contributed by atoms with Gasteiger partial charge in [-0.15, -0.1) is 0 Å². The van der Waals surface area contributed by atoms with E-state index in [0.717, 1.165) is 6.07 Å². The standard InChI is InChI=1S/C21H15F4N5O2/c22-14-8-13-15(7-12(14)10-30-17-4-6-26-9-16(17)28-19(30)32)27-18(31)29-20(13,21(23,24)25)5-3-11-1-2-11/h4,6-9,11H,1-2,10H2,(H,28,32)(H2,27,29,31)/t20-/m0/s1. The highest BCUT2D eigenvalue weighted by atomic mass is 19.4. The van der Waals surface area contributed by atoms with Crippen LogP contribution in [0.15, 0.2) is 35.4 Å². The molecule has 2 aromatic heterocycles. The number of aromatic amines is 1. The average Bonchev–Trinajstić information content (AvgIpc) is 3.50. The molecular formula is C21H15F4N5O2. The molecule has 3 heterocycles. The topological polar surface area (TPSA) is 91.8 Å². The Morgan fingerprint density at radius 3 is 2.75 bits per heavy atom. The van der Waals surface area contributed by atoms with Gasteiger partial charge in [0, 0.05) is 28.9 Å². The fraction of sp³-hybridized carbons (Fsp3) is 0.286. The van der Waals surface area contributed by atoms with Crippen molar-refractivity contribution in [3.05, 3.63) is 58.0 Å². The molecule has 1 aliphatic carbocycles. The van der Waals surface area contributed by atoms with Gasteiger partial charge in [0.1, 0.15) is 5.82 Å². The number of H-pyrrole nitrogens is 1. The second kappa shape index (κ2) is 6.85. The number of nitrogens with zero attached hydrogens (tertiary/aromatic N) is 2. The number of benzene rings is 1. The average molecular weight is 445 g/mol. The zero-order valence-corrected chi connectivity index (χ0v) is 16.3. The van der Waals surface area contributed by atoms with E-state index in [4.69, 9.17) is 0 Å². The second-order valence-corrected chi connectivity index (χ2v) is 7.77. The van der Waals surface area contributed by atoms with Gasteiger partial charge < -0.3 is 15.6 Å². The molecule has 1 atom stereocenters. The Morgan fingerprint density at radius 2 is 2.03 bits per heavy atom. The predicted octanol–water partition coefficient (Wildman–Crippen LogP) is 3.22. The highest BCUT2D eigenvalue weighted by Gasteiger charge is 2.59. The van der Waals surface area contributed by atoms with Crippen LogP contribution in [0.4, 0.5) is 28.0 Å². The number of halogens is 4. The molecular weight excluding hydrogens is 430 g/mol. The number of carbonyl (C=O) groups excluding carboxylic acids is 1. The van der Waals surface area contributed by atoms with Crippen molar-refractivity contribution in [1.29, 1.82) is 0 Å². The summed E-state index contributed by atoms with van der Waals surface area (Å²) in [7, 11) is 0. The minimum Gasteiger partial charge on any atom is -0.310 e. The lowest BCUT2D eigenvalue weighted by Crippen LogP contribution is -2.59. The van der Waals surface area contributed by atoms with Crippen molar-refractivity contribution in [2.75, 3.05) is 5.32 Å². The molecule has 0 bridgehead atoms. The van der Waals surface area contributed by atoms with Crippen molar-refractivity contribution < 1.29 is 22.4 Å². The van der Waals surface area contributed by atoms with E-state index in [0.29, 0.717) is 29.9 Å². The molecule has 2 amide bonds. The van der Waals surface area contributed by atoms with Crippen LogP contribution in [0.2, 0.25) is 0 Å². The van der Waals surface area contributed by atoms with Gasteiger partial charge in [-0.3, -0.25) is 9.55 Å². The predicted molar refractivity (Wildman–Crippen MR) is 106 cm³/mol. The molecule has 164 valence electrons. The van der Waals surface area contributed by atoms with Gasteiger partial charge in [0.25, 0.3) is 0 Å². The summed E-state index contributed by atoms with van der Waals surface area (Å²) in [4.78, 5) is 30.9. The van der Waals surface area contributed by atoms with Crippen molar-refractivity contribution in [3.8, 4) is 11.8 Å². The Hall–Kier alpha value is -3.81. The Kier molecular flexibility index (Phi) is 4.30. The molecule has 7 nitrogen and oxygen atoms in total. The number of fused-ring (bicyclic) bond motifs is 2. The smallest absolute Gasteiger partial charge is 0.310 e. The number of alkyl halides is 3. The van der Waals surface area contributed by atoms with Gasteiger partial charge in [-0.2, -0.15) is 13.2 Å². The van der Waals surface area contributed by atoms with Gasteiger partial charge in [0.05, 0.1) is 23.8 Å². The summed E-state index contributed by atoms with van der Waals surface area (Å²) >= 11 is 0. The number of imidazole rings is 1. The monoisotopic (exact) mass is 445 g/mol. The molecule has 5 rings (SSSR count). The van der Waals surface area contributed by atoms with Crippen LogP contribution in [0.5, 0.6) is 0 Å². The first-order chi connectivity index (χ1) is 15.2. The highest BCUT2D eigenvalue weighted by Crippen LogP contribution is 2.45. The normalized spacial score (nSPS) is 20.2. The lowest BCUT2D eigenvalue weighted by atomic mass is 9.85. The van der Waals surface area contributed by atoms with Crippen molar-refractivity contribution in [2.24, 2.45) is 5.92 Å². The first-order valence-electron chi connectivity index (χ1n) is 9.72. The number of urea groups is 1. The van der Waals surface area contributed by atoms with Crippen LogP contribution < -0.4 is 16.3 Å². The number of amides is 2. The van der Waals surface area contributed by atoms with E-state index in [1.807, 2.05) is 5.32 Å². The number of hydrogen-bond acceptors (Lipinski definition) is 3. The lowest BCUT2D eigenvalue weighted by Gasteiger charge is -2.37.